The van der Waals surface area contributed by atoms with Gasteiger partial charge in [0.2, 0.25) is 0 Å². The predicted molar refractivity (Wildman–Crippen MR) is 73.1 cm³/mol. The van der Waals surface area contributed by atoms with Crippen LogP contribution in [0.2, 0.25) is 5.15 Å². The van der Waals surface area contributed by atoms with Crippen LogP contribution in [0.15, 0.2) is 0 Å². The van der Waals surface area contributed by atoms with E-state index in [2.05, 4.69) is 22.2 Å². The number of rotatable bonds is 6. The standard InChI is InChI=1S/C13H20ClN3O/c1-8(5-6-18)7-15-12-9(2)11(14)16-13(17-12)10-3-4-10/h8,10,18H,3-7H2,1-2H3,(H,15,16,17). The second-order valence-corrected chi connectivity index (χ2v) is 5.48. The van der Waals surface area contributed by atoms with Gasteiger partial charge in [-0.1, -0.05) is 18.5 Å². The van der Waals surface area contributed by atoms with E-state index in [0.29, 0.717) is 17.0 Å². The van der Waals surface area contributed by atoms with Gasteiger partial charge in [0.1, 0.15) is 16.8 Å². The fourth-order valence-electron chi connectivity index (χ4n) is 1.80. The van der Waals surface area contributed by atoms with Crippen molar-refractivity contribution in [3.63, 3.8) is 0 Å². The Kier molecular flexibility index (Phi) is 4.40. The lowest BCUT2D eigenvalue weighted by Gasteiger charge is -2.14. The fraction of sp³-hybridized carbons (Fsp3) is 0.692. The van der Waals surface area contributed by atoms with Crippen LogP contribution in [0, 0.1) is 12.8 Å². The van der Waals surface area contributed by atoms with Crippen LogP contribution in [-0.2, 0) is 0 Å². The van der Waals surface area contributed by atoms with Gasteiger partial charge in [-0.2, -0.15) is 0 Å². The van der Waals surface area contributed by atoms with Gasteiger partial charge >= 0.3 is 0 Å². The Morgan fingerprint density at radius 3 is 2.78 bits per heavy atom. The molecule has 0 aromatic carbocycles. The van der Waals surface area contributed by atoms with Crippen LogP contribution in [0.1, 0.15) is 43.5 Å². The van der Waals surface area contributed by atoms with Gasteiger partial charge in [-0.05, 0) is 32.1 Å². The van der Waals surface area contributed by atoms with Gasteiger partial charge in [-0.25, -0.2) is 9.97 Å². The Hall–Kier alpha value is -0.870. The lowest BCUT2D eigenvalue weighted by Crippen LogP contribution is -2.15. The molecule has 0 spiro atoms. The summed E-state index contributed by atoms with van der Waals surface area (Å²) in [6.45, 7) is 5.04. The first-order valence-corrected chi connectivity index (χ1v) is 6.88. The summed E-state index contributed by atoms with van der Waals surface area (Å²) in [5.41, 5.74) is 0.900. The number of nitrogens with one attached hydrogen (secondary N) is 1. The minimum atomic E-state index is 0.222. The van der Waals surface area contributed by atoms with Gasteiger partial charge in [-0.3, -0.25) is 0 Å². The van der Waals surface area contributed by atoms with Crippen molar-refractivity contribution in [2.45, 2.75) is 39.0 Å². The number of hydrogen-bond donors (Lipinski definition) is 2. The molecule has 1 saturated carbocycles. The molecule has 1 aromatic heterocycles. The molecule has 100 valence electrons. The van der Waals surface area contributed by atoms with Crippen LogP contribution in [0.5, 0.6) is 0 Å². The summed E-state index contributed by atoms with van der Waals surface area (Å²) >= 11 is 6.14. The summed E-state index contributed by atoms with van der Waals surface area (Å²) < 4.78 is 0. The molecule has 0 amide bonds. The molecule has 5 heteroatoms. The van der Waals surface area contributed by atoms with Gasteiger partial charge < -0.3 is 10.4 Å². The topological polar surface area (TPSA) is 58.0 Å². The Bertz CT molecular complexity index is 421. The Balaban J connectivity index is 2.06. The minimum Gasteiger partial charge on any atom is -0.396 e. The maximum absolute atomic E-state index is 8.88. The first kappa shape index (κ1) is 13.6. The number of hydrogen-bond acceptors (Lipinski definition) is 4. The van der Waals surface area contributed by atoms with E-state index in [1.54, 1.807) is 0 Å². The molecule has 1 aliphatic carbocycles. The monoisotopic (exact) mass is 269 g/mol. The minimum absolute atomic E-state index is 0.222. The molecule has 1 heterocycles. The molecule has 1 unspecified atom stereocenters. The van der Waals surface area contributed by atoms with Crippen LogP contribution < -0.4 is 5.32 Å². The molecule has 2 rings (SSSR count). The third kappa shape index (κ3) is 3.33. The zero-order chi connectivity index (χ0) is 13.1. The Morgan fingerprint density at radius 2 is 2.17 bits per heavy atom. The number of aliphatic hydroxyl groups is 1. The summed E-state index contributed by atoms with van der Waals surface area (Å²) in [6, 6.07) is 0. The van der Waals surface area contributed by atoms with Crippen LogP contribution in [0.4, 0.5) is 5.82 Å². The summed E-state index contributed by atoms with van der Waals surface area (Å²) in [7, 11) is 0. The van der Waals surface area contributed by atoms with Crippen molar-refractivity contribution in [2.75, 3.05) is 18.5 Å². The molecule has 4 nitrogen and oxygen atoms in total. The van der Waals surface area contributed by atoms with E-state index in [9.17, 15) is 0 Å². The summed E-state index contributed by atoms with van der Waals surface area (Å²) in [6.07, 6.45) is 3.12. The molecule has 1 aromatic rings. The smallest absolute Gasteiger partial charge is 0.137 e. The van der Waals surface area contributed by atoms with Crippen molar-refractivity contribution in [2.24, 2.45) is 5.92 Å². The van der Waals surface area contributed by atoms with Gasteiger partial charge in [0.25, 0.3) is 0 Å². The normalized spacial score (nSPS) is 16.7. The van der Waals surface area contributed by atoms with Gasteiger partial charge in [0.15, 0.2) is 0 Å². The maximum Gasteiger partial charge on any atom is 0.137 e. The summed E-state index contributed by atoms with van der Waals surface area (Å²) in [4.78, 5) is 8.89. The van der Waals surface area contributed by atoms with E-state index >= 15 is 0 Å². The number of anilines is 1. The predicted octanol–water partition coefficient (Wildman–Crippen LogP) is 2.75. The van der Waals surface area contributed by atoms with E-state index in [0.717, 1.165) is 30.2 Å². The molecular weight excluding hydrogens is 250 g/mol. The van der Waals surface area contributed by atoms with E-state index < -0.39 is 0 Å². The Morgan fingerprint density at radius 1 is 1.44 bits per heavy atom. The van der Waals surface area contributed by atoms with Crippen LogP contribution in [-0.4, -0.2) is 28.2 Å². The average Bonchev–Trinajstić information content (AvgIpc) is 3.15. The summed E-state index contributed by atoms with van der Waals surface area (Å²) in [5.74, 6) is 2.61. The molecule has 1 aliphatic rings. The van der Waals surface area contributed by atoms with E-state index in [1.807, 2.05) is 6.92 Å². The van der Waals surface area contributed by atoms with Crippen LogP contribution in [0.25, 0.3) is 0 Å². The van der Waals surface area contributed by atoms with Crippen molar-refractivity contribution in [3.8, 4) is 0 Å². The van der Waals surface area contributed by atoms with E-state index in [4.69, 9.17) is 16.7 Å². The zero-order valence-corrected chi connectivity index (χ0v) is 11.7. The average molecular weight is 270 g/mol. The molecular formula is C13H20ClN3O. The molecule has 18 heavy (non-hydrogen) atoms. The molecule has 0 saturated heterocycles. The number of aromatic nitrogens is 2. The molecule has 0 bridgehead atoms. The number of aliphatic hydroxyl groups excluding tert-OH is 1. The first-order valence-electron chi connectivity index (χ1n) is 6.50. The highest BCUT2D eigenvalue weighted by Crippen LogP contribution is 2.39. The van der Waals surface area contributed by atoms with Crippen molar-refractivity contribution in [1.29, 1.82) is 0 Å². The van der Waals surface area contributed by atoms with Gasteiger partial charge in [0.05, 0.1) is 0 Å². The van der Waals surface area contributed by atoms with E-state index in [1.165, 1.54) is 12.8 Å². The third-order valence-corrected chi connectivity index (χ3v) is 3.65. The van der Waals surface area contributed by atoms with Crippen molar-refractivity contribution >= 4 is 17.4 Å². The lowest BCUT2D eigenvalue weighted by atomic mass is 10.1. The molecule has 0 aliphatic heterocycles. The zero-order valence-electron chi connectivity index (χ0n) is 10.9. The highest BCUT2D eigenvalue weighted by molar-refractivity contribution is 6.30. The van der Waals surface area contributed by atoms with Gasteiger partial charge in [0, 0.05) is 24.6 Å². The van der Waals surface area contributed by atoms with Crippen molar-refractivity contribution in [1.82, 2.24) is 9.97 Å². The second-order valence-electron chi connectivity index (χ2n) is 5.12. The SMILES string of the molecule is Cc1c(Cl)nc(C2CC2)nc1NCC(C)CCO. The lowest BCUT2D eigenvalue weighted by molar-refractivity contribution is 0.266. The molecule has 0 radical (unpaired) electrons. The fourth-order valence-corrected chi connectivity index (χ4v) is 1.97. The number of nitrogens with zero attached hydrogens (tertiary/aromatic N) is 2. The molecule has 1 atom stereocenters. The third-order valence-electron chi connectivity index (χ3n) is 3.29. The maximum atomic E-state index is 8.88. The Labute approximate surface area is 113 Å². The van der Waals surface area contributed by atoms with Gasteiger partial charge in [-0.15, -0.1) is 0 Å². The molecule has 1 fully saturated rings. The molecule has 2 N–H and O–H groups in total. The largest absolute Gasteiger partial charge is 0.396 e. The van der Waals surface area contributed by atoms with Crippen LogP contribution >= 0.6 is 11.6 Å². The highest BCUT2D eigenvalue weighted by Gasteiger charge is 2.28. The van der Waals surface area contributed by atoms with Crippen LogP contribution in [0.3, 0.4) is 0 Å². The quantitative estimate of drug-likeness (QED) is 0.780. The van der Waals surface area contributed by atoms with E-state index in [-0.39, 0.29) is 6.61 Å². The van der Waals surface area contributed by atoms with Crippen molar-refractivity contribution < 1.29 is 5.11 Å². The van der Waals surface area contributed by atoms with Crippen molar-refractivity contribution in [3.05, 3.63) is 16.5 Å². The second kappa shape index (κ2) is 5.85. The first-order chi connectivity index (χ1) is 8.61. The number of halogens is 1. The highest BCUT2D eigenvalue weighted by atomic mass is 35.5. The summed E-state index contributed by atoms with van der Waals surface area (Å²) in [5, 5.41) is 12.7.